The van der Waals surface area contributed by atoms with Crippen LogP contribution in [0.5, 0.6) is 0 Å². The van der Waals surface area contributed by atoms with Gasteiger partial charge >= 0.3 is 6.18 Å². The van der Waals surface area contributed by atoms with Crippen molar-refractivity contribution in [1.82, 2.24) is 15.2 Å². The van der Waals surface area contributed by atoms with E-state index in [-0.39, 0.29) is 18.8 Å². The van der Waals surface area contributed by atoms with Crippen LogP contribution in [0.4, 0.5) is 19.1 Å². The maximum Gasteiger partial charge on any atom is 0.392 e. The largest absolute Gasteiger partial charge is 0.392 e. The molecule has 2 rings (SSSR count). The second kappa shape index (κ2) is 4.95. The molecule has 1 aromatic rings. The predicted molar refractivity (Wildman–Crippen MR) is 56.5 cm³/mol. The lowest BCUT2D eigenvalue weighted by Crippen LogP contribution is -2.39. The van der Waals surface area contributed by atoms with Gasteiger partial charge in [0.25, 0.3) is 0 Å². The van der Waals surface area contributed by atoms with Gasteiger partial charge < -0.3 is 0 Å². The summed E-state index contributed by atoms with van der Waals surface area (Å²) >= 11 is 0. The van der Waals surface area contributed by atoms with Crippen LogP contribution in [0.15, 0.2) is 6.33 Å². The van der Waals surface area contributed by atoms with Crippen molar-refractivity contribution in [3.8, 4) is 0 Å². The number of halogens is 3. The molecule has 1 amide bonds. The van der Waals surface area contributed by atoms with Gasteiger partial charge in [-0.2, -0.15) is 23.3 Å². The SMILES string of the molecule is O=C(Nc1ncn[nH]1)C1CCCCC1C(F)(F)F. The Kier molecular flexibility index (Phi) is 3.53. The zero-order valence-corrected chi connectivity index (χ0v) is 9.50. The lowest BCUT2D eigenvalue weighted by Gasteiger charge is -2.31. The Balaban J connectivity index is 2.06. The molecule has 0 saturated heterocycles. The number of amides is 1. The number of carbonyl (C=O) groups is 1. The Hall–Kier alpha value is -1.60. The van der Waals surface area contributed by atoms with E-state index in [1.807, 2.05) is 0 Å². The van der Waals surface area contributed by atoms with Crippen molar-refractivity contribution in [3.05, 3.63) is 6.33 Å². The highest BCUT2D eigenvalue weighted by atomic mass is 19.4. The fourth-order valence-electron chi connectivity index (χ4n) is 2.31. The van der Waals surface area contributed by atoms with Crippen molar-refractivity contribution in [2.45, 2.75) is 31.9 Å². The summed E-state index contributed by atoms with van der Waals surface area (Å²) in [6.45, 7) is 0. The number of hydrogen-bond acceptors (Lipinski definition) is 3. The Bertz CT molecular complexity index is 404. The number of anilines is 1. The zero-order chi connectivity index (χ0) is 13.2. The van der Waals surface area contributed by atoms with Gasteiger partial charge in [0.2, 0.25) is 11.9 Å². The summed E-state index contributed by atoms with van der Waals surface area (Å²) in [5.74, 6) is -3.17. The second-order valence-corrected chi connectivity index (χ2v) is 4.36. The molecule has 100 valence electrons. The third kappa shape index (κ3) is 2.80. The normalized spacial score (nSPS) is 24.8. The topological polar surface area (TPSA) is 70.7 Å². The lowest BCUT2D eigenvalue weighted by atomic mass is 9.78. The van der Waals surface area contributed by atoms with Crippen molar-refractivity contribution in [3.63, 3.8) is 0 Å². The molecule has 5 nitrogen and oxygen atoms in total. The molecule has 1 aromatic heterocycles. The van der Waals surface area contributed by atoms with Crippen LogP contribution in [-0.4, -0.2) is 27.3 Å². The minimum atomic E-state index is -4.33. The number of rotatable bonds is 2. The predicted octanol–water partition coefficient (Wildman–Crippen LogP) is 2.11. The molecule has 2 unspecified atom stereocenters. The number of H-pyrrole nitrogens is 1. The summed E-state index contributed by atoms with van der Waals surface area (Å²) in [5, 5.41) is 8.23. The molecule has 2 N–H and O–H groups in total. The first-order valence-electron chi connectivity index (χ1n) is 5.71. The molecule has 1 saturated carbocycles. The summed E-state index contributed by atoms with van der Waals surface area (Å²) in [6.07, 6.45) is -1.74. The molecule has 18 heavy (non-hydrogen) atoms. The zero-order valence-electron chi connectivity index (χ0n) is 9.50. The van der Waals surface area contributed by atoms with Crippen LogP contribution in [0.2, 0.25) is 0 Å². The van der Waals surface area contributed by atoms with Gasteiger partial charge in [-0.05, 0) is 12.8 Å². The summed E-state index contributed by atoms with van der Waals surface area (Å²) in [6, 6.07) is 0. The van der Waals surface area contributed by atoms with Gasteiger partial charge in [-0.1, -0.05) is 12.8 Å². The third-order valence-corrected chi connectivity index (χ3v) is 3.18. The van der Waals surface area contributed by atoms with Crippen LogP contribution in [0.1, 0.15) is 25.7 Å². The van der Waals surface area contributed by atoms with Crippen LogP contribution in [0.3, 0.4) is 0 Å². The van der Waals surface area contributed by atoms with E-state index in [2.05, 4.69) is 20.5 Å². The van der Waals surface area contributed by atoms with Gasteiger partial charge in [-0.15, -0.1) is 0 Å². The summed E-state index contributed by atoms with van der Waals surface area (Å²) in [5.41, 5.74) is 0. The molecular weight excluding hydrogens is 249 g/mol. The van der Waals surface area contributed by atoms with Gasteiger partial charge in [0, 0.05) is 5.92 Å². The van der Waals surface area contributed by atoms with E-state index in [0.29, 0.717) is 12.8 Å². The first-order valence-corrected chi connectivity index (χ1v) is 5.71. The fourth-order valence-corrected chi connectivity index (χ4v) is 2.31. The number of aromatic amines is 1. The minimum Gasteiger partial charge on any atom is -0.295 e. The number of carbonyl (C=O) groups excluding carboxylic acids is 1. The standard InChI is InChI=1S/C10H13F3N4O/c11-10(12,13)7-4-2-1-3-6(7)8(18)16-9-14-5-15-17-9/h5-7H,1-4H2,(H2,14,15,16,17,18). The highest BCUT2D eigenvalue weighted by Crippen LogP contribution is 2.41. The molecule has 0 aromatic carbocycles. The molecule has 1 fully saturated rings. The van der Waals surface area contributed by atoms with E-state index in [1.54, 1.807) is 0 Å². The third-order valence-electron chi connectivity index (χ3n) is 3.18. The average molecular weight is 262 g/mol. The molecular formula is C10H13F3N4O. The van der Waals surface area contributed by atoms with Crippen LogP contribution < -0.4 is 5.32 Å². The molecule has 1 heterocycles. The Morgan fingerprint density at radius 2 is 2.11 bits per heavy atom. The highest BCUT2D eigenvalue weighted by Gasteiger charge is 2.48. The van der Waals surface area contributed by atoms with Gasteiger partial charge in [-0.25, -0.2) is 5.10 Å². The molecule has 1 aliphatic rings. The van der Waals surface area contributed by atoms with Gasteiger partial charge in [-0.3, -0.25) is 10.1 Å². The smallest absolute Gasteiger partial charge is 0.295 e. The molecule has 8 heteroatoms. The average Bonchev–Trinajstić information content (AvgIpc) is 2.80. The van der Waals surface area contributed by atoms with Crippen molar-refractivity contribution >= 4 is 11.9 Å². The van der Waals surface area contributed by atoms with Crippen molar-refractivity contribution in [2.24, 2.45) is 11.8 Å². The van der Waals surface area contributed by atoms with Crippen LogP contribution in [-0.2, 0) is 4.79 Å². The van der Waals surface area contributed by atoms with E-state index in [4.69, 9.17) is 0 Å². The highest BCUT2D eigenvalue weighted by molar-refractivity contribution is 5.91. The molecule has 2 atom stereocenters. The molecule has 0 aliphatic heterocycles. The van der Waals surface area contributed by atoms with E-state index < -0.39 is 23.9 Å². The summed E-state index contributed by atoms with van der Waals surface area (Å²) < 4.78 is 38.4. The van der Waals surface area contributed by atoms with E-state index in [9.17, 15) is 18.0 Å². The molecule has 0 bridgehead atoms. The Morgan fingerprint density at radius 1 is 1.39 bits per heavy atom. The molecule has 0 radical (unpaired) electrons. The van der Waals surface area contributed by atoms with Crippen LogP contribution >= 0.6 is 0 Å². The quantitative estimate of drug-likeness (QED) is 0.857. The number of aromatic nitrogens is 3. The molecule has 1 aliphatic carbocycles. The molecule has 0 spiro atoms. The van der Waals surface area contributed by atoms with Crippen molar-refractivity contribution < 1.29 is 18.0 Å². The van der Waals surface area contributed by atoms with E-state index in [0.717, 1.165) is 0 Å². The lowest BCUT2D eigenvalue weighted by molar-refractivity contribution is -0.197. The fraction of sp³-hybridized carbons (Fsp3) is 0.700. The second-order valence-electron chi connectivity index (χ2n) is 4.36. The number of alkyl halides is 3. The Morgan fingerprint density at radius 3 is 2.72 bits per heavy atom. The van der Waals surface area contributed by atoms with Gasteiger partial charge in [0.1, 0.15) is 6.33 Å². The summed E-state index contributed by atoms with van der Waals surface area (Å²) in [4.78, 5) is 15.5. The maximum absolute atomic E-state index is 12.8. The van der Waals surface area contributed by atoms with E-state index in [1.165, 1.54) is 6.33 Å². The minimum absolute atomic E-state index is 0.0119. The first kappa shape index (κ1) is 12.8. The van der Waals surface area contributed by atoms with Crippen LogP contribution in [0, 0.1) is 11.8 Å². The van der Waals surface area contributed by atoms with Gasteiger partial charge in [0.05, 0.1) is 5.92 Å². The first-order chi connectivity index (χ1) is 8.48. The van der Waals surface area contributed by atoms with E-state index >= 15 is 0 Å². The number of nitrogens with one attached hydrogen (secondary N) is 2. The maximum atomic E-state index is 12.8. The number of hydrogen-bond donors (Lipinski definition) is 2. The van der Waals surface area contributed by atoms with Gasteiger partial charge in [0.15, 0.2) is 0 Å². The monoisotopic (exact) mass is 262 g/mol. The summed E-state index contributed by atoms with van der Waals surface area (Å²) in [7, 11) is 0. The van der Waals surface area contributed by atoms with Crippen molar-refractivity contribution in [1.29, 1.82) is 0 Å². The number of nitrogens with zero attached hydrogens (tertiary/aromatic N) is 2. The van der Waals surface area contributed by atoms with Crippen molar-refractivity contribution in [2.75, 3.05) is 5.32 Å². The Labute approximate surface area is 101 Å². The van der Waals surface area contributed by atoms with Crippen LogP contribution in [0.25, 0.3) is 0 Å².